The summed E-state index contributed by atoms with van der Waals surface area (Å²) in [6.45, 7) is 2.46. The molecule has 1 atom stereocenters. The summed E-state index contributed by atoms with van der Waals surface area (Å²) >= 11 is 5.87. The zero-order chi connectivity index (χ0) is 14.5. The van der Waals surface area contributed by atoms with Crippen molar-refractivity contribution in [3.63, 3.8) is 0 Å². The molecule has 1 N–H and O–H groups in total. The lowest BCUT2D eigenvalue weighted by Gasteiger charge is -2.15. The van der Waals surface area contributed by atoms with Gasteiger partial charge in [0.1, 0.15) is 11.6 Å². The molecule has 0 saturated heterocycles. The molecular weight excluding hydrogens is 277 g/mol. The molecule has 0 fully saturated rings. The Hall–Kier alpha value is -1.58. The van der Waals surface area contributed by atoms with Crippen LogP contribution in [0.1, 0.15) is 24.1 Å². The van der Waals surface area contributed by atoms with Crippen LogP contribution in [0.25, 0.3) is 0 Å². The second-order valence-corrected chi connectivity index (χ2v) is 5.05. The van der Waals surface area contributed by atoms with Gasteiger partial charge in [-0.15, -0.1) is 0 Å². The highest BCUT2D eigenvalue weighted by Crippen LogP contribution is 2.19. The molecule has 2 nitrogen and oxygen atoms in total. The predicted octanol–water partition coefficient (Wildman–Crippen LogP) is 4.34. The van der Waals surface area contributed by atoms with Gasteiger partial charge in [0.2, 0.25) is 0 Å². The maximum atomic E-state index is 13.6. The van der Waals surface area contributed by atoms with Crippen LogP contribution in [-0.2, 0) is 6.54 Å². The highest BCUT2D eigenvalue weighted by molar-refractivity contribution is 6.30. The van der Waals surface area contributed by atoms with Gasteiger partial charge in [0.25, 0.3) is 0 Å². The average molecular weight is 294 g/mol. The predicted molar refractivity (Wildman–Crippen MR) is 79.7 cm³/mol. The molecule has 0 aromatic heterocycles. The van der Waals surface area contributed by atoms with Gasteiger partial charge in [-0.25, -0.2) is 4.39 Å². The Bertz CT molecular complexity index is 571. The number of rotatable bonds is 5. The van der Waals surface area contributed by atoms with Crippen LogP contribution in [0.5, 0.6) is 5.75 Å². The number of hydrogen-bond donors (Lipinski definition) is 1. The van der Waals surface area contributed by atoms with Gasteiger partial charge in [0.15, 0.2) is 0 Å². The maximum Gasteiger partial charge on any atom is 0.127 e. The zero-order valence-electron chi connectivity index (χ0n) is 11.5. The molecule has 0 aliphatic rings. The van der Waals surface area contributed by atoms with Gasteiger partial charge in [-0.3, -0.25) is 0 Å². The molecule has 0 spiro atoms. The number of ether oxygens (including phenoxy) is 1. The molecule has 106 valence electrons. The average Bonchev–Trinajstić information content (AvgIpc) is 2.48. The van der Waals surface area contributed by atoms with Gasteiger partial charge < -0.3 is 10.1 Å². The summed E-state index contributed by atoms with van der Waals surface area (Å²) in [6, 6.07) is 12.5. The molecule has 2 rings (SSSR count). The minimum atomic E-state index is -0.246. The molecule has 0 saturated carbocycles. The molecule has 0 bridgehead atoms. The quantitative estimate of drug-likeness (QED) is 0.885. The van der Waals surface area contributed by atoms with Crippen molar-refractivity contribution in [3.05, 3.63) is 64.4 Å². The fraction of sp³-hybridized carbons (Fsp3) is 0.250. The fourth-order valence-corrected chi connectivity index (χ4v) is 2.15. The van der Waals surface area contributed by atoms with E-state index in [1.54, 1.807) is 19.2 Å². The van der Waals surface area contributed by atoms with Gasteiger partial charge in [0.05, 0.1) is 7.11 Å². The van der Waals surface area contributed by atoms with Crippen LogP contribution < -0.4 is 10.1 Å². The van der Waals surface area contributed by atoms with Crippen LogP contribution in [0, 0.1) is 5.82 Å². The van der Waals surface area contributed by atoms with Crippen molar-refractivity contribution in [2.24, 2.45) is 0 Å². The third kappa shape index (κ3) is 3.71. The van der Waals surface area contributed by atoms with Crippen molar-refractivity contribution >= 4 is 11.6 Å². The van der Waals surface area contributed by atoms with E-state index in [1.165, 1.54) is 6.07 Å². The van der Waals surface area contributed by atoms with E-state index in [1.807, 2.05) is 31.2 Å². The minimum Gasteiger partial charge on any atom is -0.497 e. The Balaban J connectivity index is 2.00. The molecule has 0 aliphatic heterocycles. The molecule has 2 aromatic rings. The smallest absolute Gasteiger partial charge is 0.127 e. The highest BCUT2D eigenvalue weighted by Gasteiger charge is 2.08. The number of methoxy groups -OCH3 is 1. The summed E-state index contributed by atoms with van der Waals surface area (Å²) in [5.74, 6) is 0.575. The third-order valence-corrected chi connectivity index (χ3v) is 3.46. The molecule has 0 radical (unpaired) electrons. The van der Waals surface area contributed by atoms with Crippen molar-refractivity contribution < 1.29 is 9.13 Å². The molecule has 20 heavy (non-hydrogen) atoms. The van der Waals surface area contributed by atoms with E-state index in [0.717, 1.165) is 11.3 Å². The number of nitrogens with one attached hydrogen (secondary N) is 1. The molecular formula is C16H17ClFNO. The Labute approximate surface area is 123 Å². The summed E-state index contributed by atoms with van der Waals surface area (Å²) in [6.07, 6.45) is 0. The van der Waals surface area contributed by atoms with E-state index in [4.69, 9.17) is 16.3 Å². The van der Waals surface area contributed by atoms with Gasteiger partial charge in [-0.2, -0.15) is 0 Å². The summed E-state index contributed by atoms with van der Waals surface area (Å²) in [5.41, 5.74) is 1.69. The molecule has 0 amide bonds. The van der Waals surface area contributed by atoms with Gasteiger partial charge >= 0.3 is 0 Å². The monoisotopic (exact) mass is 293 g/mol. The minimum absolute atomic E-state index is 0.110. The van der Waals surface area contributed by atoms with Crippen LogP contribution in [0.15, 0.2) is 42.5 Å². The molecule has 4 heteroatoms. The highest BCUT2D eigenvalue weighted by atomic mass is 35.5. The normalized spacial score (nSPS) is 12.2. The first-order valence-corrected chi connectivity index (χ1v) is 6.79. The van der Waals surface area contributed by atoms with Crippen molar-refractivity contribution in [3.8, 4) is 5.75 Å². The summed E-state index contributed by atoms with van der Waals surface area (Å²) in [4.78, 5) is 0. The largest absolute Gasteiger partial charge is 0.497 e. The van der Waals surface area contributed by atoms with Crippen molar-refractivity contribution in [2.45, 2.75) is 19.5 Å². The topological polar surface area (TPSA) is 21.3 Å². The Morgan fingerprint density at radius 2 is 1.90 bits per heavy atom. The van der Waals surface area contributed by atoms with E-state index < -0.39 is 0 Å². The van der Waals surface area contributed by atoms with E-state index in [0.29, 0.717) is 17.1 Å². The van der Waals surface area contributed by atoms with Gasteiger partial charge in [-0.05, 0) is 42.8 Å². The molecule has 0 aliphatic carbocycles. The lowest BCUT2D eigenvalue weighted by atomic mass is 10.1. The van der Waals surface area contributed by atoms with Crippen LogP contribution in [-0.4, -0.2) is 7.11 Å². The van der Waals surface area contributed by atoms with Crippen molar-refractivity contribution in [1.29, 1.82) is 0 Å². The SMILES string of the molecule is COc1ccc([C@H](C)NCc2cc(Cl)ccc2F)cc1. The summed E-state index contributed by atoms with van der Waals surface area (Å²) < 4.78 is 18.7. The zero-order valence-corrected chi connectivity index (χ0v) is 12.2. The summed E-state index contributed by atoms with van der Waals surface area (Å²) in [5, 5.41) is 3.82. The Morgan fingerprint density at radius 3 is 2.55 bits per heavy atom. The molecule has 0 heterocycles. The number of hydrogen-bond acceptors (Lipinski definition) is 2. The van der Waals surface area contributed by atoms with E-state index >= 15 is 0 Å². The van der Waals surface area contributed by atoms with Crippen molar-refractivity contribution in [2.75, 3.05) is 7.11 Å². The Morgan fingerprint density at radius 1 is 1.20 bits per heavy atom. The first kappa shape index (κ1) is 14.8. The van der Waals surface area contributed by atoms with Gasteiger partial charge in [0, 0.05) is 23.2 Å². The van der Waals surface area contributed by atoms with E-state index in [9.17, 15) is 4.39 Å². The molecule has 2 aromatic carbocycles. The van der Waals surface area contributed by atoms with Gasteiger partial charge in [-0.1, -0.05) is 23.7 Å². The first-order valence-electron chi connectivity index (χ1n) is 6.41. The van der Waals surface area contributed by atoms with Crippen molar-refractivity contribution in [1.82, 2.24) is 5.32 Å². The fourth-order valence-electron chi connectivity index (χ4n) is 1.95. The standard InChI is InChI=1S/C16H17ClFNO/c1-11(12-3-6-15(20-2)7-4-12)19-10-13-9-14(17)5-8-16(13)18/h3-9,11,19H,10H2,1-2H3/t11-/m0/s1. The second kappa shape index (κ2) is 6.73. The lowest BCUT2D eigenvalue weighted by Crippen LogP contribution is -2.18. The number of halogens is 2. The first-order chi connectivity index (χ1) is 9.60. The molecule has 0 unspecified atom stereocenters. The third-order valence-electron chi connectivity index (χ3n) is 3.22. The van der Waals surface area contributed by atoms with Crippen LogP contribution >= 0.6 is 11.6 Å². The van der Waals surface area contributed by atoms with Crippen LogP contribution in [0.2, 0.25) is 5.02 Å². The van der Waals surface area contributed by atoms with E-state index in [2.05, 4.69) is 5.32 Å². The second-order valence-electron chi connectivity index (χ2n) is 4.61. The van der Waals surface area contributed by atoms with Crippen LogP contribution in [0.4, 0.5) is 4.39 Å². The number of benzene rings is 2. The maximum absolute atomic E-state index is 13.6. The lowest BCUT2D eigenvalue weighted by molar-refractivity contribution is 0.414. The van der Waals surface area contributed by atoms with E-state index in [-0.39, 0.29) is 11.9 Å². The van der Waals surface area contributed by atoms with Crippen LogP contribution in [0.3, 0.4) is 0 Å². The Kier molecular flexibility index (Phi) is 4.99. The summed E-state index contributed by atoms with van der Waals surface area (Å²) in [7, 11) is 1.64.